The van der Waals surface area contributed by atoms with Gasteiger partial charge in [-0.25, -0.2) is 4.98 Å². The highest BCUT2D eigenvalue weighted by molar-refractivity contribution is 5.25. The first-order chi connectivity index (χ1) is 9.20. The van der Waals surface area contributed by atoms with Crippen molar-refractivity contribution in [1.29, 1.82) is 0 Å². The Bertz CT molecular complexity index is 522. The van der Waals surface area contributed by atoms with Gasteiger partial charge in [0.15, 0.2) is 0 Å². The fraction of sp³-hybridized carbons (Fsp3) is 0.400. The normalized spacial score (nSPS) is 11.2. The van der Waals surface area contributed by atoms with Crippen molar-refractivity contribution in [3.63, 3.8) is 0 Å². The molecule has 4 nitrogen and oxygen atoms in total. The van der Waals surface area contributed by atoms with Crippen LogP contribution in [0.4, 0.5) is 0 Å². The zero-order valence-corrected chi connectivity index (χ0v) is 11.6. The second-order valence-electron chi connectivity index (χ2n) is 4.83. The van der Waals surface area contributed by atoms with E-state index >= 15 is 0 Å². The molecule has 1 aromatic carbocycles. The largest absolute Gasteiger partial charge is 0.395 e. The zero-order chi connectivity index (χ0) is 13.7. The zero-order valence-electron chi connectivity index (χ0n) is 11.6. The first-order valence-corrected chi connectivity index (χ1v) is 6.57. The topological polar surface area (TPSA) is 52.1 Å². The van der Waals surface area contributed by atoms with Gasteiger partial charge in [0.2, 0.25) is 0 Å². The number of H-pyrrole nitrogens is 1. The van der Waals surface area contributed by atoms with E-state index in [0.717, 1.165) is 24.5 Å². The van der Waals surface area contributed by atoms with Gasteiger partial charge < -0.3 is 10.1 Å². The first kappa shape index (κ1) is 13.8. The summed E-state index contributed by atoms with van der Waals surface area (Å²) >= 11 is 0. The Balaban J connectivity index is 2.08. The van der Waals surface area contributed by atoms with Crippen LogP contribution < -0.4 is 0 Å². The molecule has 2 aromatic rings. The summed E-state index contributed by atoms with van der Waals surface area (Å²) in [5, 5.41) is 9.21. The van der Waals surface area contributed by atoms with Gasteiger partial charge in [0.25, 0.3) is 0 Å². The minimum absolute atomic E-state index is 0.162. The quantitative estimate of drug-likeness (QED) is 0.834. The van der Waals surface area contributed by atoms with Crippen LogP contribution in [0.25, 0.3) is 0 Å². The fourth-order valence-corrected chi connectivity index (χ4v) is 2.14. The fourth-order valence-electron chi connectivity index (χ4n) is 2.14. The number of imidazole rings is 1. The number of aryl methyl sites for hydroxylation is 2. The number of aliphatic hydroxyl groups is 1. The van der Waals surface area contributed by atoms with Crippen LogP contribution in [-0.2, 0) is 13.1 Å². The Morgan fingerprint density at radius 3 is 2.63 bits per heavy atom. The molecule has 0 unspecified atom stereocenters. The van der Waals surface area contributed by atoms with Crippen LogP contribution in [0.2, 0.25) is 0 Å². The van der Waals surface area contributed by atoms with Crippen molar-refractivity contribution >= 4 is 0 Å². The van der Waals surface area contributed by atoms with Gasteiger partial charge in [0.1, 0.15) is 0 Å². The Hall–Kier alpha value is -1.65. The molecule has 4 heteroatoms. The van der Waals surface area contributed by atoms with E-state index in [9.17, 15) is 5.11 Å². The van der Waals surface area contributed by atoms with Gasteiger partial charge >= 0.3 is 0 Å². The number of aliphatic hydroxyl groups excluding tert-OH is 1. The summed E-state index contributed by atoms with van der Waals surface area (Å²) in [6.45, 7) is 6.54. The third-order valence-corrected chi connectivity index (χ3v) is 3.38. The van der Waals surface area contributed by atoms with E-state index in [0.29, 0.717) is 6.54 Å². The molecule has 0 aliphatic heterocycles. The summed E-state index contributed by atoms with van der Waals surface area (Å²) in [7, 11) is 0. The first-order valence-electron chi connectivity index (χ1n) is 6.57. The highest BCUT2D eigenvalue weighted by Crippen LogP contribution is 2.13. The lowest BCUT2D eigenvalue weighted by molar-refractivity contribution is 0.182. The molecule has 1 heterocycles. The van der Waals surface area contributed by atoms with Crippen molar-refractivity contribution in [2.45, 2.75) is 26.9 Å². The van der Waals surface area contributed by atoms with Crippen LogP contribution in [0.1, 0.15) is 22.5 Å². The lowest BCUT2D eigenvalue weighted by Crippen LogP contribution is -2.26. The highest BCUT2D eigenvalue weighted by Gasteiger charge is 2.11. The molecule has 102 valence electrons. The molecule has 0 aliphatic carbocycles. The van der Waals surface area contributed by atoms with E-state index in [1.807, 2.05) is 13.0 Å². The summed E-state index contributed by atoms with van der Waals surface area (Å²) in [6, 6.07) is 8.36. The van der Waals surface area contributed by atoms with Crippen molar-refractivity contribution in [2.24, 2.45) is 0 Å². The molecule has 2 N–H and O–H groups in total. The maximum atomic E-state index is 9.21. The van der Waals surface area contributed by atoms with E-state index in [2.05, 4.69) is 40.0 Å². The summed E-state index contributed by atoms with van der Waals surface area (Å²) in [5.41, 5.74) is 4.71. The molecular weight excluding hydrogens is 238 g/mol. The number of benzene rings is 1. The molecule has 19 heavy (non-hydrogen) atoms. The van der Waals surface area contributed by atoms with Crippen LogP contribution in [0.15, 0.2) is 30.6 Å². The predicted octanol–water partition coefficient (Wildman–Crippen LogP) is 2.02. The molecule has 0 radical (unpaired) electrons. The number of aromatic amines is 1. The second-order valence-corrected chi connectivity index (χ2v) is 4.83. The van der Waals surface area contributed by atoms with Crippen LogP contribution >= 0.6 is 0 Å². The van der Waals surface area contributed by atoms with Crippen molar-refractivity contribution < 1.29 is 5.11 Å². The van der Waals surface area contributed by atoms with Crippen LogP contribution in [0, 0.1) is 13.8 Å². The van der Waals surface area contributed by atoms with E-state index in [-0.39, 0.29) is 6.61 Å². The van der Waals surface area contributed by atoms with Gasteiger partial charge in [-0.2, -0.15) is 0 Å². The van der Waals surface area contributed by atoms with E-state index < -0.39 is 0 Å². The van der Waals surface area contributed by atoms with Crippen LogP contribution in [-0.4, -0.2) is 33.1 Å². The molecule has 0 saturated heterocycles. The third kappa shape index (κ3) is 3.66. The summed E-state index contributed by atoms with van der Waals surface area (Å²) in [5.74, 6) is 0. The maximum absolute atomic E-state index is 9.21. The number of hydrogen-bond acceptors (Lipinski definition) is 3. The SMILES string of the molecule is Cc1ccccc1CN(CCO)Cc1nc[nH]c1C. The number of nitrogens with one attached hydrogen (secondary N) is 1. The monoisotopic (exact) mass is 259 g/mol. The lowest BCUT2D eigenvalue weighted by Gasteiger charge is -2.21. The molecule has 0 saturated carbocycles. The smallest absolute Gasteiger partial charge is 0.0925 e. The third-order valence-electron chi connectivity index (χ3n) is 3.38. The lowest BCUT2D eigenvalue weighted by atomic mass is 10.1. The minimum atomic E-state index is 0.162. The number of hydrogen-bond donors (Lipinski definition) is 2. The van der Waals surface area contributed by atoms with Gasteiger partial charge in [-0.3, -0.25) is 4.90 Å². The Kier molecular flexibility index (Phi) is 4.71. The van der Waals surface area contributed by atoms with Crippen molar-refractivity contribution in [2.75, 3.05) is 13.2 Å². The number of rotatable bonds is 6. The number of nitrogens with zero attached hydrogens (tertiary/aromatic N) is 2. The average Bonchev–Trinajstić information content (AvgIpc) is 2.78. The predicted molar refractivity (Wildman–Crippen MR) is 75.7 cm³/mol. The molecule has 0 aliphatic rings. The van der Waals surface area contributed by atoms with E-state index in [4.69, 9.17) is 0 Å². The Morgan fingerprint density at radius 1 is 1.21 bits per heavy atom. The molecule has 0 bridgehead atoms. The molecular formula is C15H21N3O. The van der Waals surface area contributed by atoms with Gasteiger partial charge in [-0.05, 0) is 25.0 Å². The average molecular weight is 259 g/mol. The highest BCUT2D eigenvalue weighted by atomic mass is 16.3. The standard InChI is InChI=1S/C15H21N3O/c1-12-5-3-4-6-14(12)9-18(7-8-19)10-15-13(2)16-11-17-15/h3-6,11,19H,7-10H2,1-2H3,(H,16,17). The number of aromatic nitrogens is 2. The Labute approximate surface area is 114 Å². The van der Waals surface area contributed by atoms with Gasteiger partial charge in [0, 0.05) is 25.3 Å². The van der Waals surface area contributed by atoms with Gasteiger partial charge in [-0.1, -0.05) is 24.3 Å². The van der Waals surface area contributed by atoms with Crippen LogP contribution in [0.5, 0.6) is 0 Å². The minimum Gasteiger partial charge on any atom is -0.395 e. The summed E-state index contributed by atoms with van der Waals surface area (Å²) in [6.07, 6.45) is 1.72. The summed E-state index contributed by atoms with van der Waals surface area (Å²) < 4.78 is 0. The van der Waals surface area contributed by atoms with E-state index in [1.165, 1.54) is 11.1 Å². The van der Waals surface area contributed by atoms with Crippen molar-refractivity contribution in [3.8, 4) is 0 Å². The van der Waals surface area contributed by atoms with E-state index in [1.54, 1.807) is 6.33 Å². The van der Waals surface area contributed by atoms with Crippen molar-refractivity contribution in [3.05, 3.63) is 53.1 Å². The molecule has 2 rings (SSSR count). The molecule has 0 atom stereocenters. The second kappa shape index (κ2) is 6.50. The molecule has 0 fully saturated rings. The maximum Gasteiger partial charge on any atom is 0.0925 e. The van der Waals surface area contributed by atoms with Crippen LogP contribution in [0.3, 0.4) is 0 Å². The molecule has 1 aromatic heterocycles. The summed E-state index contributed by atoms with van der Waals surface area (Å²) in [4.78, 5) is 9.63. The van der Waals surface area contributed by atoms with Crippen molar-refractivity contribution in [1.82, 2.24) is 14.9 Å². The molecule has 0 spiro atoms. The van der Waals surface area contributed by atoms with Gasteiger partial charge in [-0.15, -0.1) is 0 Å². The van der Waals surface area contributed by atoms with Gasteiger partial charge in [0.05, 0.1) is 18.6 Å². The molecule has 0 amide bonds. The Morgan fingerprint density at radius 2 is 2.00 bits per heavy atom.